The molecule has 3 rings (SSSR count). The highest BCUT2D eigenvalue weighted by molar-refractivity contribution is 5.83. The van der Waals surface area contributed by atoms with Crippen molar-refractivity contribution in [3.05, 3.63) is 88.5 Å². The standard InChI is InChI=1S/C35H48N2O4/c1-23(2)21-31(37-35(41)33(39)29-15-9-13-27-12-7-6-8-14-28(27)29)32(38)22-30(24(3)4)34(40)36-20-10-11-26-18-16-25(5)17-19-26/h6-9,12-13,15-19,23-24,30-33,38-39H,10-11,14,20-22H2,1-5H3,(H,36,40)(H,37,41). The maximum atomic E-state index is 13.3. The summed E-state index contributed by atoms with van der Waals surface area (Å²) in [5.41, 5.74) is 4.93. The molecule has 2 aromatic carbocycles. The fourth-order valence-corrected chi connectivity index (χ4v) is 5.41. The second-order valence-electron chi connectivity index (χ2n) is 12.1. The molecule has 0 aliphatic heterocycles. The topological polar surface area (TPSA) is 98.7 Å². The van der Waals surface area contributed by atoms with Crippen molar-refractivity contribution >= 4 is 17.9 Å². The van der Waals surface area contributed by atoms with Crippen molar-refractivity contribution in [2.75, 3.05) is 6.54 Å². The lowest BCUT2D eigenvalue weighted by Gasteiger charge is -2.30. The monoisotopic (exact) mass is 560 g/mol. The smallest absolute Gasteiger partial charge is 0.253 e. The highest BCUT2D eigenvalue weighted by Crippen LogP contribution is 2.27. The molecule has 4 N–H and O–H groups in total. The first-order valence-electron chi connectivity index (χ1n) is 15.0. The molecule has 1 aliphatic carbocycles. The van der Waals surface area contributed by atoms with Gasteiger partial charge in [-0.1, -0.05) is 100 Å². The SMILES string of the molecule is Cc1ccc(CCCNC(=O)C(CC(O)C(CC(C)C)NC(=O)C(O)c2cccc3c2CC=CC=C3)C(C)C)cc1. The third-order valence-corrected chi connectivity index (χ3v) is 7.85. The van der Waals surface area contributed by atoms with E-state index in [4.69, 9.17) is 0 Å². The number of amides is 2. The van der Waals surface area contributed by atoms with Crippen LogP contribution in [0.1, 0.15) is 80.9 Å². The van der Waals surface area contributed by atoms with Gasteiger partial charge in [-0.15, -0.1) is 0 Å². The second kappa shape index (κ2) is 15.7. The molecule has 0 heterocycles. The number of aliphatic hydroxyl groups is 2. The molecule has 6 nitrogen and oxygen atoms in total. The Morgan fingerprint density at radius 3 is 2.34 bits per heavy atom. The summed E-state index contributed by atoms with van der Waals surface area (Å²) in [7, 11) is 0. The van der Waals surface area contributed by atoms with Crippen molar-refractivity contribution < 1.29 is 19.8 Å². The van der Waals surface area contributed by atoms with Crippen LogP contribution >= 0.6 is 0 Å². The van der Waals surface area contributed by atoms with E-state index in [1.54, 1.807) is 6.07 Å². The van der Waals surface area contributed by atoms with Gasteiger partial charge in [0.2, 0.25) is 5.91 Å². The molecule has 0 radical (unpaired) electrons. The molecular formula is C35H48N2O4. The van der Waals surface area contributed by atoms with Gasteiger partial charge in [0.15, 0.2) is 6.10 Å². The highest BCUT2D eigenvalue weighted by atomic mass is 16.3. The van der Waals surface area contributed by atoms with E-state index in [-0.39, 0.29) is 24.2 Å². The van der Waals surface area contributed by atoms with E-state index >= 15 is 0 Å². The molecule has 2 amide bonds. The number of benzene rings is 2. The minimum Gasteiger partial charge on any atom is -0.391 e. The number of aryl methyl sites for hydroxylation is 2. The van der Waals surface area contributed by atoms with Crippen LogP contribution < -0.4 is 10.6 Å². The van der Waals surface area contributed by atoms with Crippen LogP contribution in [-0.2, 0) is 22.4 Å². The summed E-state index contributed by atoms with van der Waals surface area (Å²) in [5.74, 6) is -0.802. The molecular weight excluding hydrogens is 512 g/mol. The van der Waals surface area contributed by atoms with Crippen LogP contribution in [0.25, 0.3) is 6.08 Å². The molecule has 0 saturated carbocycles. The number of nitrogens with one attached hydrogen (secondary N) is 2. The van der Waals surface area contributed by atoms with Crippen LogP contribution in [0.3, 0.4) is 0 Å². The molecule has 1 aliphatic rings. The Morgan fingerprint density at radius 2 is 1.66 bits per heavy atom. The Kier molecular flexibility index (Phi) is 12.4. The summed E-state index contributed by atoms with van der Waals surface area (Å²) >= 11 is 0. The first kappa shape index (κ1) is 32.3. The summed E-state index contributed by atoms with van der Waals surface area (Å²) < 4.78 is 0. The molecule has 0 saturated heterocycles. The van der Waals surface area contributed by atoms with Gasteiger partial charge in [-0.05, 0) is 73.1 Å². The van der Waals surface area contributed by atoms with Crippen molar-refractivity contribution in [1.82, 2.24) is 10.6 Å². The molecule has 6 heteroatoms. The maximum Gasteiger partial charge on any atom is 0.253 e. The molecule has 222 valence electrons. The van der Waals surface area contributed by atoms with Gasteiger partial charge in [0.25, 0.3) is 5.91 Å². The van der Waals surface area contributed by atoms with E-state index in [1.807, 2.05) is 64.1 Å². The van der Waals surface area contributed by atoms with Crippen molar-refractivity contribution in [3.8, 4) is 0 Å². The van der Waals surface area contributed by atoms with E-state index < -0.39 is 30.1 Å². The van der Waals surface area contributed by atoms with Gasteiger partial charge in [-0.25, -0.2) is 0 Å². The summed E-state index contributed by atoms with van der Waals surface area (Å²) in [6.45, 7) is 10.6. The first-order valence-corrected chi connectivity index (χ1v) is 15.0. The normalized spacial score (nSPS) is 15.6. The third kappa shape index (κ3) is 9.68. The van der Waals surface area contributed by atoms with E-state index in [1.165, 1.54) is 11.1 Å². The average Bonchev–Trinajstić information content (AvgIpc) is 3.19. The zero-order chi connectivity index (χ0) is 29.9. The number of allylic oxidation sites excluding steroid dienone is 3. The quantitative estimate of drug-likeness (QED) is 0.231. The summed E-state index contributed by atoms with van der Waals surface area (Å²) in [5, 5.41) is 28.4. The number of hydrogen-bond acceptors (Lipinski definition) is 4. The van der Waals surface area contributed by atoms with Gasteiger partial charge in [0, 0.05) is 12.5 Å². The Morgan fingerprint density at radius 1 is 0.927 bits per heavy atom. The number of carbonyl (C=O) groups is 2. The molecule has 0 spiro atoms. The van der Waals surface area contributed by atoms with Crippen molar-refractivity contribution in [1.29, 1.82) is 0 Å². The van der Waals surface area contributed by atoms with Gasteiger partial charge in [-0.2, -0.15) is 0 Å². The van der Waals surface area contributed by atoms with Crippen molar-refractivity contribution in [2.45, 2.75) is 85.0 Å². The van der Waals surface area contributed by atoms with Crippen LogP contribution in [0, 0.1) is 24.7 Å². The summed E-state index contributed by atoms with van der Waals surface area (Å²) in [6.07, 6.45) is 8.68. The zero-order valence-electron chi connectivity index (χ0n) is 25.3. The fraction of sp³-hybridized carbons (Fsp3) is 0.486. The van der Waals surface area contributed by atoms with Crippen LogP contribution in [0.5, 0.6) is 0 Å². The molecule has 41 heavy (non-hydrogen) atoms. The van der Waals surface area contributed by atoms with E-state index in [2.05, 4.69) is 41.8 Å². The number of carbonyl (C=O) groups excluding carboxylic acids is 2. The molecule has 0 aromatic heterocycles. The van der Waals surface area contributed by atoms with E-state index in [0.29, 0.717) is 24.9 Å². The van der Waals surface area contributed by atoms with Gasteiger partial charge in [-0.3, -0.25) is 9.59 Å². The summed E-state index contributed by atoms with van der Waals surface area (Å²) in [4.78, 5) is 26.4. The van der Waals surface area contributed by atoms with Crippen molar-refractivity contribution in [3.63, 3.8) is 0 Å². The number of aliphatic hydroxyl groups excluding tert-OH is 2. The zero-order valence-corrected chi connectivity index (χ0v) is 25.3. The Bertz CT molecular complexity index is 1200. The van der Waals surface area contributed by atoms with Crippen LogP contribution in [-0.4, -0.2) is 40.7 Å². The second-order valence-corrected chi connectivity index (χ2v) is 12.1. The predicted molar refractivity (Wildman–Crippen MR) is 166 cm³/mol. The summed E-state index contributed by atoms with van der Waals surface area (Å²) in [6, 6.07) is 13.4. The lowest BCUT2D eigenvalue weighted by molar-refractivity contribution is -0.131. The third-order valence-electron chi connectivity index (χ3n) is 7.85. The molecule has 4 unspecified atom stereocenters. The lowest BCUT2D eigenvalue weighted by atomic mass is 9.85. The predicted octanol–water partition coefficient (Wildman–Crippen LogP) is 5.46. The number of fused-ring (bicyclic) bond motifs is 1. The Hall–Kier alpha value is -3.22. The van der Waals surface area contributed by atoms with E-state index in [0.717, 1.165) is 24.0 Å². The number of hydrogen-bond donors (Lipinski definition) is 4. The molecule has 0 bridgehead atoms. The minimum absolute atomic E-state index is 0.0172. The Labute approximate surface area is 246 Å². The highest BCUT2D eigenvalue weighted by Gasteiger charge is 2.32. The van der Waals surface area contributed by atoms with E-state index in [9.17, 15) is 19.8 Å². The molecule has 0 fully saturated rings. The van der Waals surface area contributed by atoms with Gasteiger partial charge >= 0.3 is 0 Å². The first-order chi connectivity index (χ1) is 19.6. The molecule has 2 aromatic rings. The minimum atomic E-state index is -1.36. The van der Waals surface area contributed by atoms with Gasteiger partial charge < -0.3 is 20.8 Å². The van der Waals surface area contributed by atoms with Crippen LogP contribution in [0.15, 0.2) is 60.7 Å². The average molecular weight is 561 g/mol. The van der Waals surface area contributed by atoms with Gasteiger partial charge in [0.1, 0.15) is 0 Å². The largest absolute Gasteiger partial charge is 0.391 e. The van der Waals surface area contributed by atoms with Crippen LogP contribution in [0.4, 0.5) is 0 Å². The fourth-order valence-electron chi connectivity index (χ4n) is 5.41. The van der Waals surface area contributed by atoms with Crippen LogP contribution in [0.2, 0.25) is 0 Å². The van der Waals surface area contributed by atoms with Gasteiger partial charge in [0.05, 0.1) is 12.1 Å². The van der Waals surface area contributed by atoms with Crippen molar-refractivity contribution in [2.24, 2.45) is 17.8 Å². The number of rotatable bonds is 14. The molecule has 4 atom stereocenters. The lowest BCUT2D eigenvalue weighted by Crippen LogP contribution is -2.48. The maximum absolute atomic E-state index is 13.3. The Balaban J connectivity index is 1.62.